The molecule has 1 aliphatic carbocycles. The average molecular weight is 397 g/mol. The number of nitrogens with two attached hydrogens (primary N) is 1. The van der Waals surface area contributed by atoms with Crippen molar-refractivity contribution in [2.24, 2.45) is 11.1 Å². The van der Waals surface area contributed by atoms with Crippen molar-refractivity contribution < 1.29 is 14.6 Å². The van der Waals surface area contributed by atoms with Crippen molar-refractivity contribution in [3.8, 4) is 5.75 Å². The number of nitrogens with one attached hydrogen (secondary N) is 1. The van der Waals surface area contributed by atoms with Gasteiger partial charge in [-0.05, 0) is 48.1 Å². The van der Waals surface area contributed by atoms with Gasteiger partial charge >= 0.3 is 0 Å². The van der Waals surface area contributed by atoms with E-state index in [1.807, 2.05) is 54.6 Å². The van der Waals surface area contributed by atoms with Crippen LogP contribution in [0.4, 0.5) is 0 Å². The smallest absolute Gasteiger partial charge is 0.220 e. The quantitative estimate of drug-likeness (QED) is 0.603. The van der Waals surface area contributed by atoms with Gasteiger partial charge in [0.15, 0.2) is 0 Å². The van der Waals surface area contributed by atoms with Crippen molar-refractivity contribution >= 4 is 5.91 Å². The second-order valence-corrected chi connectivity index (χ2v) is 8.11. The van der Waals surface area contributed by atoms with Crippen LogP contribution in [0, 0.1) is 5.41 Å². The first kappa shape index (κ1) is 21.3. The Morgan fingerprint density at radius 1 is 1.10 bits per heavy atom. The molecule has 29 heavy (non-hydrogen) atoms. The molecule has 2 aromatic carbocycles. The monoisotopic (exact) mass is 396 g/mol. The molecular formula is C24H32N2O3. The van der Waals surface area contributed by atoms with Gasteiger partial charge in [-0.1, -0.05) is 61.7 Å². The van der Waals surface area contributed by atoms with Gasteiger partial charge in [0.1, 0.15) is 12.4 Å². The molecule has 5 nitrogen and oxygen atoms in total. The van der Waals surface area contributed by atoms with Gasteiger partial charge in [0.25, 0.3) is 0 Å². The molecule has 5 heteroatoms. The highest BCUT2D eigenvalue weighted by atomic mass is 16.5. The third-order valence-corrected chi connectivity index (χ3v) is 5.87. The van der Waals surface area contributed by atoms with Crippen LogP contribution in [-0.2, 0) is 11.4 Å². The number of rotatable bonds is 9. The number of benzene rings is 2. The van der Waals surface area contributed by atoms with Gasteiger partial charge in [-0.15, -0.1) is 0 Å². The summed E-state index contributed by atoms with van der Waals surface area (Å²) in [6.07, 6.45) is 5.20. The van der Waals surface area contributed by atoms with Crippen molar-refractivity contribution in [1.29, 1.82) is 0 Å². The lowest BCUT2D eigenvalue weighted by Crippen LogP contribution is -2.39. The summed E-state index contributed by atoms with van der Waals surface area (Å²) in [5, 5.41) is 13.4. The minimum absolute atomic E-state index is 0.0344. The summed E-state index contributed by atoms with van der Waals surface area (Å²) in [5.74, 6) is 0.661. The third-order valence-electron chi connectivity index (χ3n) is 5.87. The van der Waals surface area contributed by atoms with Gasteiger partial charge in [-0.3, -0.25) is 4.79 Å². The number of hydrogen-bond donors (Lipinski definition) is 3. The third kappa shape index (κ3) is 6.31. The summed E-state index contributed by atoms with van der Waals surface area (Å²) in [7, 11) is 0. The topological polar surface area (TPSA) is 84.6 Å². The predicted molar refractivity (Wildman–Crippen MR) is 114 cm³/mol. The zero-order valence-electron chi connectivity index (χ0n) is 17.0. The Bertz CT molecular complexity index is 773. The zero-order valence-corrected chi connectivity index (χ0v) is 17.0. The molecule has 0 radical (unpaired) electrons. The van der Waals surface area contributed by atoms with Crippen LogP contribution in [0.3, 0.4) is 0 Å². The SMILES string of the molecule is NCC1(CC(=O)NCC(O)c2cccc(OCc3ccccc3)c2)CCCCC1. The molecule has 2 aromatic rings. The Morgan fingerprint density at radius 2 is 1.86 bits per heavy atom. The molecular weight excluding hydrogens is 364 g/mol. The van der Waals surface area contributed by atoms with Crippen LogP contribution in [0.15, 0.2) is 54.6 Å². The summed E-state index contributed by atoms with van der Waals surface area (Å²) in [5.41, 5.74) is 7.72. The van der Waals surface area contributed by atoms with Crippen molar-refractivity contribution in [2.45, 2.75) is 51.2 Å². The number of hydrogen-bond acceptors (Lipinski definition) is 4. The van der Waals surface area contributed by atoms with E-state index >= 15 is 0 Å². The molecule has 1 fully saturated rings. The first-order valence-electron chi connectivity index (χ1n) is 10.5. The van der Waals surface area contributed by atoms with Gasteiger partial charge in [-0.25, -0.2) is 0 Å². The summed E-state index contributed by atoms with van der Waals surface area (Å²) in [4.78, 5) is 12.4. The fourth-order valence-electron chi connectivity index (χ4n) is 4.04. The van der Waals surface area contributed by atoms with Crippen molar-refractivity contribution in [1.82, 2.24) is 5.32 Å². The molecule has 1 unspecified atom stereocenters. The number of ether oxygens (including phenoxy) is 1. The molecule has 1 aliphatic rings. The number of amides is 1. The van der Waals surface area contributed by atoms with E-state index in [2.05, 4.69) is 5.32 Å². The van der Waals surface area contributed by atoms with Crippen molar-refractivity contribution in [3.63, 3.8) is 0 Å². The molecule has 0 spiro atoms. The lowest BCUT2D eigenvalue weighted by Gasteiger charge is -2.35. The highest BCUT2D eigenvalue weighted by molar-refractivity contribution is 5.76. The minimum atomic E-state index is -0.778. The van der Waals surface area contributed by atoms with Crippen LogP contribution in [0.1, 0.15) is 55.8 Å². The van der Waals surface area contributed by atoms with E-state index < -0.39 is 6.10 Å². The maximum atomic E-state index is 12.4. The van der Waals surface area contributed by atoms with E-state index in [-0.39, 0.29) is 17.9 Å². The van der Waals surface area contributed by atoms with Gasteiger partial charge in [-0.2, -0.15) is 0 Å². The summed E-state index contributed by atoms with van der Waals surface area (Å²) >= 11 is 0. The number of aliphatic hydroxyl groups excluding tert-OH is 1. The Balaban J connectivity index is 1.49. The van der Waals surface area contributed by atoms with Crippen LogP contribution in [0.25, 0.3) is 0 Å². The zero-order chi connectivity index (χ0) is 20.5. The van der Waals surface area contributed by atoms with E-state index in [0.717, 1.165) is 36.8 Å². The van der Waals surface area contributed by atoms with Gasteiger partial charge in [0, 0.05) is 13.0 Å². The Labute approximate surface area is 173 Å². The van der Waals surface area contributed by atoms with Gasteiger partial charge < -0.3 is 20.9 Å². The normalized spacial score (nSPS) is 16.8. The van der Waals surface area contributed by atoms with Gasteiger partial charge in [0.05, 0.1) is 6.10 Å². The lowest BCUT2D eigenvalue weighted by molar-refractivity contribution is -0.124. The van der Waals surface area contributed by atoms with Gasteiger partial charge in [0.2, 0.25) is 5.91 Å². The first-order valence-corrected chi connectivity index (χ1v) is 10.5. The molecule has 156 valence electrons. The van der Waals surface area contributed by atoms with Crippen LogP contribution >= 0.6 is 0 Å². The molecule has 1 atom stereocenters. The van der Waals surface area contributed by atoms with E-state index in [9.17, 15) is 9.90 Å². The standard InChI is InChI=1S/C24H32N2O3/c25-18-24(12-5-2-6-13-24)15-23(28)26-16-22(27)20-10-7-11-21(14-20)29-17-19-8-3-1-4-9-19/h1,3-4,7-11,14,22,27H,2,5-6,12-13,15-18,25H2,(H,26,28). The fourth-order valence-corrected chi connectivity index (χ4v) is 4.04. The van der Waals surface area contributed by atoms with Crippen LogP contribution in [-0.4, -0.2) is 24.1 Å². The maximum Gasteiger partial charge on any atom is 0.220 e. The van der Waals surface area contributed by atoms with E-state index in [4.69, 9.17) is 10.5 Å². The molecule has 1 amide bonds. The summed E-state index contributed by atoms with van der Waals surface area (Å²) in [6, 6.07) is 17.3. The Morgan fingerprint density at radius 3 is 2.59 bits per heavy atom. The summed E-state index contributed by atoms with van der Waals surface area (Å²) in [6.45, 7) is 1.20. The lowest BCUT2D eigenvalue weighted by atomic mass is 9.71. The Hall–Kier alpha value is -2.37. The largest absolute Gasteiger partial charge is 0.489 e. The fraction of sp³-hybridized carbons (Fsp3) is 0.458. The highest BCUT2D eigenvalue weighted by Gasteiger charge is 2.33. The van der Waals surface area contributed by atoms with Crippen LogP contribution < -0.4 is 15.8 Å². The van der Waals surface area contributed by atoms with Crippen molar-refractivity contribution in [3.05, 3.63) is 65.7 Å². The van der Waals surface area contributed by atoms with Crippen LogP contribution in [0.5, 0.6) is 5.75 Å². The second-order valence-electron chi connectivity index (χ2n) is 8.11. The van der Waals surface area contributed by atoms with Crippen molar-refractivity contribution in [2.75, 3.05) is 13.1 Å². The van der Waals surface area contributed by atoms with E-state index in [1.54, 1.807) is 0 Å². The molecule has 4 N–H and O–H groups in total. The molecule has 1 saturated carbocycles. The summed E-state index contributed by atoms with van der Waals surface area (Å²) < 4.78 is 5.82. The van der Waals surface area contributed by atoms with Crippen LogP contribution in [0.2, 0.25) is 0 Å². The van der Waals surface area contributed by atoms with E-state index in [1.165, 1.54) is 6.42 Å². The van der Waals surface area contributed by atoms with E-state index in [0.29, 0.717) is 25.3 Å². The Kier molecular flexibility index (Phi) is 7.67. The highest BCUT2D eigenvalue weighted by Crippen LogP contribution is 2.38. The molecule has 0 saturated heterocycles. The second kappa shape index (κ2) is 10.4. The molecule has 0 aliphatic heterocycles. The predicted octanol–water partition coefficient (Wildman–Crippen LogP) is 3.71. The molecule has 0 aromatic heterocycles. The number of aliphatic hydroxyl groups is 1. The first-order chi connectivity index (χ1) is 14.1. The average Bonchev–Trinajstić information content (AvgIpc) is 2.77. The molecule has 3 rings (SSSR count). The minimum Gasteiger partial charge on any atom is -0.489 e. The number of carbonyl (C=O) groups excluding carboxylic acids is 1. The maximum absolute atomic E-state index is 12.4. The molecule has 0 bridgehead atoms. The number of carbonyl (C=O) groups is 1. The molecule has 0 heterocycles.